The molecule has 0 aromatic carbocycles. The van der Waals surface area contributed by atoms with Crippen molar-refractivity contribution < 1.29 is 9.90 Å². The average Bonchev–Trinajstić information content (AvgIpc) is 2.79. The van der Waals surface area contributed by atoms with Crippen LogP contribution in [0, 0.1) is 5.92 Å². The molecule has 1 aliphatic rings. The van der Waals surface area contributed by atoms with Gasteiger partial charge < -0.3 is 10.0 Å². The van der Waals surface area contributed by atoms with Gasteiger partial charge in [0.1, 0.15) is 0 Å². The van der Waals surface area contributed by atoms with E-state index in [0.717, 1.165) is 12.8 Å². The van der Waals surface area contributed by atoms with E-state index in [1.54, 1.807) is 18.7 Å². The van der Waals surface area contributed by atoms with Crippen molar-refractivity contribution in [3.8, 4) is 0 Å². The molecule has 0 unspecified atom stereocenters. The second-order valence-electron chi connectivity index (χ2n) is 4.44. The van der Waals surface area contributed by atoms with Crippen LogP contribution in [0.3, 0.4) is 0 Å². The van der Waals surface area contributed by atoms with Gasteiger partial charge in [0.25, 0.3) is 0 Å². The fourth-order valence-electron chi connectivity index (χ4n) is 1.40. The average molecular weight is 185 g/mol. The number of carbonyl (C=O) groups excluding carboxylic acids is 1. The van der Waals surface area contributed by atoms with Gasteiger partial charge >= 0.3 is 0 Å². The topological polar surface area (TPSA) is 40.5 Å². The van der Waals surface area contributed by atoms with E-state index in [-0.39, 0.29) is 11.8 Å². The molecule has 1 N–H and O–H groups in total. The highest BCUT2D eigenvalue weighted by molar-refractivity contribution is 5.81. The lowest BCUT2D eigenvalue weighted by Gasteiger charge is -2.28. The molecule has 1 fully saturated rings. The second-order valence-corrected chi connectivity index (χ2v) is 4.44. The Hall–Kier alpha value is -0.570. The number of carbonyl (C=O) groups is 1. The van der Waals surface area contributed by atoms with Crippen LogP contribution in [0.4, 0.5) is 0 Å². The molecule has 13 heavy (non-hydrogen) atoms. The van der Waals surface area contributed by atoms with Crippen molar-refractivity contribution in [2.45, 2.75) is 39.2 Å². The lowest BCUT2D eigenvalue weighted by molar-refractivity contribution is -0.135. The van der Waals surface area contributed by atoms with Crippen molar-refractivity contribution in [3.63, 3.8) is 0 Å². The summed E-state index contributed by atoms with van der Waals surface area (Å²) < 4.78 is 0. The molecule has 0 radical (unpaired) electrons. The largest absolute Gasteiger partial charge is 0.389 e. The molecule has 0 bridgehead atoms. The van der Waals surface area contributed by atoms with Crippen LogP contribution in [0.1, 0.15) is 33.6 Å². The van der Waals surface area contributed by atoms with Crippen molar-refractivity contribution in [2.75, 3.05) is 13.1 Å². The third kappa shape index (κ3) is 3.35. The maximum atomic E-state index is 11.6. The summed E-state index contributed by atoms with van der Waals surface area (Å²) >= 11 is 0. The van der Waals surface area contributed by atoms with Gasteiger partial charge in [0.15, 0.2) is 0 Å². The highest BCUT2D eigenvalue weighted by Gasteiger charge is 2.34. The molecule has 0 aromatic heterocycles. The van der Waals surface area contributed by atoms with Crippen LogP contribution < -0.4 is 0 Å². The van der Waals surface area contributed by atoms with Gasteiger partial charge in [-0.15, -0.1) is 0 Å². The normalized spacial score (nSPS) is 17.2. The Morgan fingerprint density at radius 3 is 2.38 bits per heavy atom. The fraction of sp³-hybridized carbons (Fsp3) is 0.900. The van der Waals surface area contributed by atoms with Crippen LogP contribution in [0.5, 0.6) is 0 Å². The molecule has 0 spiro atoms. The van der Waals surface area contributed by atoms with E-state index in [2.05, 4.69) is 0 Å². The predicted octanol–water partition coefficient (Wildman–Crippen LogP) is 1.02. The number of aliphatic hydroxyl groups is 1. The van der Waals surface area contributed by atoms with Crippen molar-refractivity contribution >= 4 is 5.91 Å². The molecule has 3 nitrogen and oxygen atoms in total. The molecule has 1 amide bonds. The fourth-order valence-corrected chi connectivity index (χ4v) is 1.40. The number of hydrogen-bond donors (Lipinski definition) is 1. The minimum atomic E-state index is -0.777. The van der Waals surface area contributed by atoms with E-state index in [0.29, 0.717) is 13.1 Å². The summed E-state index contributed by atoms with van der Waals surface area (Å²) in [6.07, 6.45) is 2.06. The Morgan fingerprint density at radius 1 is 1.54 bits per heavy atom. The first-order chi connectivity index (χ1) is 5.94. The highest BCUT2D eigenvalue weighted by atomic mass is 16.3. The summed E-state index contributed by atoms with van der Waals surface area (Å²) in [6, 6.07) is 0. The minimum Gasteiger partial charge on any atom is -0.389 e. The Bertz CT molecular complexity index is 192. The minimum absolute atomic E-state index is 0.213. The maximum absolute atomic E-state index is 11.6. The summed E-state index contributed by atoms with van der Waals surface area (Å²) in [5.41, 5.74) is -0.777. The van der Waals surface area contributed by atoms with Gasteiger partial charge in [-0.2, -0.15) is 0 Å². The van der Waals surface area contributed by atoms with Gasteiger partial charge in [-0.3, -0.25) is 4.79 Å². The third-order valence-corrected chi connectivity index (χ3v) is 2.20. The zero-order chi connectivity index (χ0) is 10.1. The van der Waals surface area contributed by atoms with E-state index in [9.17, 15) is 9.90 Å². The quantitative estimate of drug-likeness (QED) is 0.710. The van der Waals surface area contributed by atoms with Crippen molar-refractivity contribution in [1.29, 1.82) is 0 Å². The van der Waals surface area contributed by atoms with Gasteiger partial charge in [-0.1, -0.05) is 0 Å². The lowest BCUT2D eigenvalue weighted by atomic mass is 10.1. The van der Waals surface area contributed by atoms with E-state index >= 15 is 0 Å². The molecule has 0 aromatic rings. The van der Waals surface area contributed by atoms with Crippen LogP contribution in [-0.2, 0) is 4.79 Å². The number of likely N-dealkylation sites (N-methyl/N-ethyl adjacent to an activating group) is 1. The van der Waals surface area contributed by atoms with Crippen molar-refractivity contribution in [2.24, 2.45) is 5.92 Å². The zero-order valence-electron chi connectivity index (χ0n) is 8.71. The highest BCUT2D eigenvalue weighted by Crippen LogP contribution is 2.31. The molecule has 3 heteroatoms. The molecule has 0 saturated heterocycles. The molecular formula is C10H19NO2. The smallest absolute Gasteiger partial charge is 0.225 e. The summed E-state index contributed by atoms with van der Waals surface area (Å²) in [4.78, 5) is 13.4. The van der Waals surface area contributed by atoms with Gasteiger partial charge in [0, 0.05) is 19.0 Å². The van der Waals surface area contributed by atoms with Gasteiger partial charge in [-0.05, 0) is 33.6 Å². The molecule has 0 heterocycles. The van der Waals surface area contributed by atoms with E-state index < -0.39 is 5.60 Å². The monoisotopic (exact) mass is 185 g/mol. The molecule has 1 saturated carbocycles. The van der Waals surface area contributed by atoms with E-state index in [1.165, 1.54) is 0 Å². The maximum Gasteiger partial charge on any atom is 0.225 e. The molecule has 1 rings (SSSR count). The van der Waals surface area contributed by atoms with Gasteiger partial charge in [0.2, 0.25) is 5.91 Å². The Kier molecular flexibility index (Phi) is 2.96. The Morgan fingerprint density at radius 2 is 2.08 bits per heavy atom. The zero-order valence-corrected chi connectivity index (χ0v) is 8.71. The number of rotatable bonds is 4. The van der Waals surface area contributed by atoms with Crippen LogP contribution in [0.25, 0.3) is 0 Å². The lowest BCUT2D eigenvalue weighted by Crippen LogP contribution is -2.42. The standard InChI is InChI=1S/C10H19NO2/c1-4-11(7-10(2,3)13)9(12)8-5-6-8/h8,13H,4-7H2,1-3H3. The Labute approximate surface area is 79.7 Å². The van der Waals surface area contributed by atoms with E-state index in [4.69, 9.17) is 0 Å². The number of nitrogens with zero attached hydrogens (tertiary/aromatic N) is 1. The first-order valence-corrected chi connectivity index (χ1v) is 4.95. The van der Waals surface area contributed by atoms with Crippen LogP contribution in [0.2, 0.25) is 0 Å². The molecule has 0 atom stereocenters. The predicted molar refractivity (Wildman–Crippen MR) is 51.3 cm³/mol. The SMILES string of the molecule is CCN(CC(C)(C)O)C(=O)C1CC1. The number of hydrogen-bond acceptors (Lipinski definition) is 2. The van der Waals surface area contributed by atoms with Crippen molar-refractivity contribution in [1.82, 2.24) is 4.90 Å². The summed E-state index contributed by atoms with van der Waals surface area (Å²) in [5.74, 6) is 0.465. The van der Waals surface area contributed by atoms with Gasteiger partial charge in [0.05, 0.1) is 5.60 Å². The molecule has 0 aliphatic heterocycles. The first-order valence-electron chi connectivity index (χ1n) is 4.95. The number of amides is 1. The van der Waals surface area contributed by atoms with Crippen LogP contribution in [0.15, 0.2) is 0 Å². The molecule has 76 valence electrons. The third-order valence-electron chi connectivity index (χ3n) is 2.20. The van der Waals surface area contributed by atoms with Crippen molar-refractivity contribution in [3.05, 3.63) is 0 Å². The summed E-state index contributed by atoms with van der Waals surface area (Å²) in [7, 11) is 0. The molecule has 1 aliphatic carbocycles. The summed E-state index contributed by atoms with van der Waals surface area (Å²) in [6.45, 7) is 6.55. The first kappa shape index (κ1) is 10.5. The second kappa shape index (κ2) is 3.66. The molecular weight excluding hydrogens is 166 g/mol. The van der Waals surface area contributed by atoms with Crippen LogP contribution >= 0.6 is 0 Å². The summed E-state index contributed by atoms with van der Waals surface area (Å²) in [5, 5.41) is 9.58. The van der Waals surface area contributed by atoms with Gasteiger partial charge in [-0.25, -0.2) is 0 Å². The van der Waals surface area contributed by atoms with E-state index in [1.807, 2.05) is 6.92 Å². The Balaban J connectivity index is 2.46. The van der Waals surface area contributed by atoms with Crippen LogP contribution in [-0.4, -0.2) is 34.6 Å².